The first-order valence-corrected chi connectivity index (χ1v) is 7.43. The van der Waals surface area contributed by atoms with E-state index in [0.717, 1.165) is 30.5 Å². The van der Waals surface area contributed by atoms with E-state index in [-0.39, 0.29) is 12.6 Å². The van der Waals surface area contributed by atoms with Crippen molar-refractivity contribution in [3.8, 4) is 0 Å². The number of ether oxygens (including phenoxy) is 1. The van der Waals surface area contributed by atoms with E-state index in [1.807, 2.05) is 24.3 Å². The van der Waals surface area contributed by atoms with Crippen molar-refractivity contribution in [3.05, 3.63) is 29.8 Å². The molecule has 0 radical (unpaired) electrons. The van der Waals surface area contributed by atoms with E-state index in [4.69, 9.17) is 9.84 Å². The third-order valence-electron chi connectivity index (χ3n) is 3.28. The summed E-state index contributed by atoms with van der Waals surface area (Å²) in [6, 6.07) is 7.35. The van der Waals surface area contributed by atoms with Crippen LogP contribution in [-0.4, -0.2) is 31.4 Å². The maximum atomic E-state index is 11.9. The maximum Gasteiger partial charge on any atom is 0.319 e. The normalized spacial score (nSPS) is 12.0. The fourth-order valence-electron chi connectivity index (χ4n) is 2.26. The van der Waals surface area contributed by atoms with Crippen LogP contribution >= 0.6 is 0 Å². The Morgan fingerprint density at radius 1 is 1.38 bits per heavy atom. The first-order valence-electron chi connectivity index (χ1n) is 7.43. The molecule has 21 heavy (non-hydrogen) atoms. The van der Waals surface area contributed by atoms with Crippen LogP contribution in [-0.2, 0) is 11.3 Å². The lowest BCUT2D eigenvalue weighted by molar-refractivity contribution is 0.185. The van der Waals surface area contributed by atoms with Gasteiger partial charge in [-0.3, -0.25) is 0 Å². The van der Waals surface area contributed by atoms with E-state index in [0.29, 0.717) is 19.1 Å². The van der Waals surface area contributed by atoms with E-state index >= 15 is 0 Å². The molecule has 2 amide bonds. The zero-order valence-electron chi connectivity index (χ0n) is 12.9. The monoisotopic (exact) mass is 294 g/mol. The predicted octanol–water partition coefficient (Wildman–Crippen LogP) is 2.75. The number of anilines is 1. The zero-order valence-corrected chi connectivity index (χ0v) is 12.9. The molecule has 1 rings (SSSR count). The molecule has 5 nitrogen and oxygen atoms in total. The van der Waals surface area contributed by atoms with E-state index in [9.17, 15) is 4.79 Å². The number of carbonyl (C=O) groups excluding carboxylic acids is 1. The van der Waals surface area contributed by atoms with Gasteiger partial charge in [0.05, 0.1) is 6.61 Å². The van der Waals surface area contributed by atoms with Gasteiger partial charge < -0.3 is 20.5 Å². The summed E-state index contributed by atoms with van der Waals surface area (Å²) in [6.07, 6.45) is 2.77. The molecule has 0 bridgehead atoms. The Morgan fingerprint density at radius 2 is 2.19 bits per heavy atom. The molecular weight excluding hydrogens is 268 g/mol. The lowest BCUT2D eigenvalue weighted by atomic mass is 10.0. The van der Waals surface area contributed by atoms with Crippen molar-refractivity contribution < 1.29 is 14.6 Å². The second-order valence-electron chi connectivity index (χ2n) is 5.14. The highest BCUT2D eigenvalue weighted by Crippen LogP contribution is 2.12. The van der Waals surface area contributed by atoms with Crippen LogP contribution in [0.25, 0.3) is 0 Å². The quantitative estimate of drug-likeness (QED) is 0.656. The Bertz CT molecular complexity index is 418. The highest BCUT2D eigenvalue weighted by Gasteiger charge is 2.09. The first-order chi connectivity index (χ1) is 10.2. The summed E-state index contributed by atoms with van der Waals surface area (Å²) in [4.78, 5) is 11.9. The van der Waals surface area contributed by atoms with Crippen LogP contribution in [0.3, 0.4) is 0 Å². The minimum Gasteiger partial charge on any atom is -0.396 e. The average Bonchev–Trinajstić information content (AvgIpc) is 2.46. The molecule has 1 unspecified atom stereocenters. The number of nitrogens with one attached hydrogen (secondary N) is 2. The van der Waals surface area contributed by atoms with Gasteiger partial charge in [0.25, 0.3) is 0 Å². The van der Waals surface area contributed by atoms with Gasteiger partial charge in [-0.1, -0.05) is 25.5 Å². The standard InChI is InChI=1S/C16H26N2O3/c1-3-5-13(8-9-19)11-17-16(20)18-15-7-4-6-14(10-15)12-21-2/h4,6-7,10,13,19H,3,5,8-9,11-12H2,1-2H3,(H2,17,18,20). The lowest BCUT2D eigenvalue weighted by Gasteiger charge is -2.16. The van der Waals surface area contributed by atoms with Gasteiger partial charge in [0.1, 0.15) is 0 Å². The third-order valence-corrected chi connectivity index (χ3v) is 3.28. The first kappa shape index (κ1) is 17.5. The Hall–Kier alpha value is -1.59. The summed E-state index contributed by atoms with van der Waals surface area (Å²) < 4.78 is 5.07. The number of aliphatic hydroxyl groups is 1. The van der Waals surface area contributed by atoms with Crippen LogP contribution in [0.5, 0.6) is 0 Å². The highest BCUT2D eigenvalue weighted by atomic mass is 16.5. The van der Waals surface area contributed by atoms with Crippen LogP contribution in [0.1, 0.15) is 31.7 Å². The topological polar surface area (TPSA) is 70.6 Å². The van der Waals surface area contributed by atoms with Gasteiger partial charge in [0, 0.05) is 25.9 Å². The van der Waals surface area contributed by atoms with Crippen molar-refractivity contribution in [3.63, 3.8) is 0 Å². The summed E-state index contributed by atoms with van der Waals surface area (Å²) >= 11 is 0. The zero-order chi connectivity index (χ0) is 15.5. The van der Waals surface area contributed by atoms with E-state index in [1.165, 1.54) is 0 Å². The number of amides is 2. The van der Waals surface area contributed by atoms with E-state index < -0.39 is 0 Å². The van der Waals surface area contributed by atoms with Crippen LogP contribution in [0.2, 0.25) is 0 Å². The van der Waals surface area contributed by atoms with Crippen molar-refractivity contribution in [2.45, 2.75) is 32.8 Å². The van der Waals surface area contributed by atoms with Gasteiger partial charge in [-0.25, -0.2) is 4.79 Å². The number of rotatable bonds is 9. The number of hydrogen-bond acceptors (Lipinski definition) is 3. The highest BCUT2D eigenvalue weighted by molar-refractivity contribution is 5.89. The molecule has 1 aromatic rings. The summed E-state index contributed by atoms with van der Waals surface area (Å²) in [5.74, 6) is 0.325. The van der Waals surface area contributed by atoms with Crippen molar-refractivity contribution in [2.75, 3.05) is 25.6 Å². The van der Waals surface area contributed by atoms with E-state index in [1.54, 1.807) is 7.11 Å². The SMILES string of the molecule is CCCC(CCO)CNC(=O)Nc1cccc(COC)c1. The second-order valence-corrected chi connectivity index (χ2v) is 5.14. The molecule has 0 saturated carbocycles. The van der Waals surface area contributed by atoms with Crippen molar-refractivity contribution >= 4 is 11.7 Å². The van der Waals surface area contributed by atoms with Gasteiger partial charge >= 0.3 is 6.03 Å². The Kier molecular flexibility index (Phi) is 8.47. The molecular formula is C16H26N2O3. The molecule has 0 fully saturated rings. The number of aliphatic hydroxyl groups excluding tert-OH is 1. The molecule has 118 valence electrons. The van der Waals surface area contributed by atoms with Gasteiger partial charge in [-0.05, 0) is 36.5 Å². The summed E-state index contributed by atoms with van der Waals surface area (Å²) in [6.45, 7) is 3.36. The predicted molar refractivity (Wildman–Crippen MR) is 84.3 cm³/mol. The van der Waals surface area contributed by atoms with Crippen LogP contribution < -0.4 is 10.6 Å². The minimum absolute atomic E-state index is 0.160. The maximum absolute atomic E-state index is 11.9. The average molecular weight is 294 g/mol. The molecule has 3 N–H and O–H groups in total. The molecule has 1 atom stereocenters. The van der Waals surface area contributed by atoms with Crippen LogP contribution in [0.4, 0.5) is 10.5 Å². The molecule has 0 saturated heterocycles. The van der Waals surface area contributed by atoms with Crippen LogP contribution in [0.15, 0.2) is 24.3 Å². The molecule has 0 spiro atoms. The molecule has 0 aliphatic heterocycles. The number of urea groups is 1. The van der Waals surface area contributed by atoms with Gasteiger partial charge in [0.15, 0.2) is 0 Å². The minimum atomic E-state index is -0.219. The third kappa shape index (κ3) is 7.11. The molecule has 0 heterocycles. The number of methoxy groups -OCH3 is 1. The molecule has 0 aromatic heterocycles. The largest absolute Gasteiger partial charge is 0.396 e. The second kappa shape index (κ2) is 10.2. The summed E-state index contributed by atoms with van der Waals surface area (Å²) in [5.41, 5.74) is 1.76. The Labute approximate surface area is 126 Å². The van der Waals surface area contributed by atoms with Crippen molar-refractivity contribution in [1.29, 1.82) is 0 Å². The number of carbonyl (C=O) groups is 1. The molecule has 1 aromatic carbocycles. The summed E-state index contributed by atoms with van der Waals surface area (Å²) in [7, 11) is 1.64. The molecule has 0 aliphatic carbocycles. The fourth-order valence-corrected chi connectivity index (χ4v) is 2.26. The lowest BCUT2D eigenvalue weighted by Crippen LogP contribution is -2.33. The van der Waals surface area contributed by atoms with E-state index in [2.05, 4.69) is 17.6 Å². The summed E-state index contributed by atoms with van der Waals surface area (Å²) in [5, 5.41) is 14.7. The smallest absolute Gasteiger partial charge is 0.319 e. The van der Waals surface area contributed by atoms with Gasteiger partial charge in [-0.2, -0.15) is 0 Å². The Balaban J connectivity index is 2.43. The Morgan fingerprint density at radius 3 is 2.86 bits per heavy atom. The van der Waals surface area contributed by atoms with Crippen molar-refractivity contribution in [1.82, 2.24) is 5.32 Å². The van der Waals surface area contributed by atoms with Crippen LogP contribution in [0, 0.1) is 5.92 Å². The molecule has 0 aliphatic rings. The van der Waals surface area contributed by atoms with Gasteiger partial charge in [0.2, 0.25) is 0 Å². The van der Waals surface area contributed by atoms with Crippen molar-refractivity contribution in [2.24, 2.45) is 5.92 Å². The number of benzene rings is 1. The molecule has 5 heteroatoms. The van der Waals surface area contributed by atoms with Gasteiger partial charge in [-0.15, -0.1) is 0 Å². The number of hydrogen-bond donors (Lipinski definition) is 3. The fraction of sp³-hybridized carbons (Fsp3) is 0.562.